The van der Waals surface area contributed by atoms with E-state index >= 15 is 0 Å². The maximum absolute atomic E-state index is 13.4. The summed E-state index contributed by atoms with van der Waals surface area (Å²) in [7, 11) is 0. The average molecular weight is 489 g/mol. The van der Waals surface area contributed by atoms with E-state index < -0.39 is 5.60 Å². The molecular weight excluding hydrogens is 459 g/mol. The Kier molecular flexibility index (Phi) is 6.30. The SMILES string of the molecule is CC(C)(C)OC(=O)N1CCN(c2ncnc3c2c(-c2cccnc2)cn3Cc2ccc(F)cc2)CC1. The number of piperazine rings is 1. The molecule has 0 spiro atoms. The van der Waals surface area contributed by atoms with Crippen LogP contribution in [0, 0.1) is 5.82 Å². The molecule has 4 aromatic rings. The van der Waals surface area contributed by atoms with Crippen molar-refractivity contribution in [1.82, 2.24) is 24.4 Å². The van der Waals surface area contributed by atoms with Gasteiger partial charge in [0.1, 0.15) is 29.2 Å². The monoisotopic (exact) mass is 488 g/mol. The van der Waals surface area contributed by atoms with E-state index in [4.69, 9.17) is 4.74 Å². The molecule has 8 nitrogen and oxygen atoms in total. The average Bonchev–Trinajstić information content (AvgIpc) is 3.23. The van der Waals surface area contributed by atoms with E-state index in [1.165, 1.54) is 12.1 Å². The minimum absolute atomic E-state index is 0.262. The molecule has 0 atom stereocenters. The standard InChI is InChI=1S/C27H29FN6O2/c1-27(2,3)36-26(35)33-13-11-32(12-14-33)24-23-22(20-5-4-10-29-15-20)17-34(25(23)31-18-30-24)16-19-6-8-21(28)9-7-19/h4-10,15,17-18H,11-14,16H2,1-3H3. The maximum atomic E-state index is 13.4. The number of nitrogens with zero attached hydrogens (tertiary/aromatic N) is 6. The third-order valence-corrected chi connectivity index (χ3v) is 6.10. The Morgan fingerprint density at radius 3 is 2.47 bits per heavy atom. The predicted octanol–water partition coefficient (Wildman–Crippen LogP) is 4.74. The fourth-order valence-corrected chi connectivity index (χ4v) is 4.42. The first-order valence-electron chi connectivity index (χ1n) is 12.0. The summed E-state index contributed by atoms with van der Waals surface area (Å²) in [6, 6.07) is 10.4. The molecular formula is C27H29FN6O2. The van der Waals surface area contributed by atoms with Crippen molar-refractivity contribution in [2.75, 3.05) is 31.1 Å². The van der Waals surface area contributed by atoms with Crippen LogP contribution in [-0.4, -0.2) is 62.3 Å². The van der Waals surface area contributed by atoms with Gasteiger partial charge in [0.2, 0.25) is 0 Å². The second-order valence-electron chi connectivity index (χ2n) is 9.89. The maximum Gasteiger partial charge on any atom is 0.410 e. The Morgan fingerprint density at radius 2 is 1.81 bits per heavy atom. The number of carbonyl (C=O) groups is 1. The van der Waals surface area contributed by atoms with Gasteiger partial charge in [0.15, 0.2) is 0 Å². The van der Waals surface area contributed by atoms with Gasteiger partial charge in [0.05, 0.1) is 5.39 Å². The second-order valence-corrected chi connectivity index (χ2v) is 9.89. The van der Waals surface area contributed by atoms with Gasteiger partial charge in [-0.3, -0.25) is 4.98 Å². The number of ether oxygens (including phenoxy) is 1. The van der Waals surface area contributed by atoms with Crippen LogP contribution in [-0.2, 0) is 11.3 Å². The van der Waals surface area contributed by atoms with Gasteiger partial charge in [0, 0.05) is 62.4 Å². The number of fused-ring (bicyclic) bond motifs is 1. The van der Waals surface area contributed by atoms with Crippen molar-refractivity contribution in [2.45, 2.75) is 32.9 Å². The van der Waals surface area contributed by atoms with Crippen molar-refractivity contribution in [2.24, 2.45) is 0 Å². The van der Waals surface area contributed by atoms with Crippen LogP contribution in [0.25, 0.3) is 22.2 Å². The number of aromatic nitrogens is 4. The van der Waals surface area contributed by atoms with Gasteiger partial charge >= 0.3 is 6.09 Å². The first kappa shape index (κ1) is 23.7. The number of hydrogen-bond donors (Lipinski definition) is 0. The molecule has 1 aliphatic heterocycles. The lowest BCUT2D eigenvalue weighted by molar-refractivity contribution is 0.0240. The quantitative estimate of drug-likeness (QED) is 0.413. The molecule has 0 bridgehead atoms. The lowest BCUT2D eigenvalue weighted by Gasteiger charge is -2.36. The van der Waals surface area contributed by atoms with Crippen molar-refractivity contribution in [3.05, 3.63) is 72.7 Å². The highest BCUT2D eigenvalue weighted by Gasteiger charge is 2.28. The first-order chi connectivity index (χ1) is 17.3. The van der Waals surface area contributed by atoms with Crippen LogP contribution in [0.5, 0.6) is 0 Å². The van der Waals surface area contributed by atoms with E-state index in [1.54, 1.807) is 29.6 Å². The van der Waals surface area contributed by atoms with Crippen LogP contribution >= 0.6 is 0 Å². The molecule has 0 unspecified atom stereocenters. The summed E-state index contributed by atoms with van der Waals surface area (Å²) in [4.78, 5) is 30.1. The predicted molar refractivity (Wildman–Crippen MR) is 136 cm³/mol. The number of halogens is 1. The Bertz CT molecular complexity index is 1360. The molecule has 0 saturated carbocycles. The topological polar surface area (TPSA) is 76.4 Å². The molecule has 0 N–H and O–H groups in total. The highest BCUT2D eigenvalue weighted by molar-refractivity contribution is 6.01. The van der Waals surface area contributed by atoms with Gasteiger partial charge in [-0.05, 0) is 44.5 Å². The van der Waals surface area contributed by atoms with E-state index in [-0.39, 0.29) is 11.9 Å². The molecule has 5 rings (SSSR count). The Labute approximate surface area is 209 Å². The Balaban J connectivity index is 1.49. The summed E-state index contributed by atoms with van der Waals surface area (Å²) >= 11 is 0. The summed E-state index contributed by atoms with van der Waals surface area (Å²) in [5.41, 5.74) is 3.17. The summed E-state index contributed by atoms with van der Waals surface area (Å²) in [6.45, 7) is 8.49. The van der Waals surface area contributed by atoms with Crippen molar-refractivity contribution in [1.29, 1.82) is 0 Å². The lowest BCUT2D eigenvalue weighted by atomic mass is 10.1. The van der Waals surface area contributed by atoms with Gasteiger partial charge in [-0.2, -0.15) is 0 Å². The van der Waals surface area contributed by atoms with Crippen LogP contribution in [0.4, 0.5) is 15.0 Å². The van der Waals surface area contributed by atoms with Gasteiger partial charge in [0.25, 0.3) is 0 Å². The summed E-state index contributed by atoms with van der Waals surface area (Å²) in [5, 5.41) is 0.929. The fourth-order valence-electron chi connectivity index (χ4n) is 4.42. The molecule has 1 amide bonds. The molecule has 186 valence electrons. The van der Waals surface area contributed by atoms with Crippen LogP contribution in [0.15, 0.2) is 61.3 Å². The fraction of sp³-hybridized carbons (Fsp3) is 0.333. The molecule has 1 aliphatic rings. The highest BCUT2D eigenvalue weighted by Crippen LogP contribution is 2.35. The van der Waals surface area contributed by atoms with E-state index in [1.807, 2.05) is 39.1 Å². The third-order valence-electron chi connectivity index (χ3n) is 6.10. The molecule has 0 radical (unpaired) electrons. The number of carbonyl (C=O) groups excluding carboxylic acids is 1. The van der Waals surface area contributed by atoms with Crippen molar-refractivity contribution in [3.63, 3.8) is 0 Å². The molecule has 36 heavy (non-hydrogen) atoms. The molecule has 0 aliphatic carbocycles. The summed E-state index contributed by atoms with van der Waals surface area (Å²) in [5.74, 6) is 0.558. The van der Waals surface area contributed by atoms with Crippen molar-refractivity contribution in [3.8, 4) is 11.1 Å². The minimum atomic E-state index is -0.529. The number of pyridine rings is 1. The van der Waals surface area contributed by atoms with E-state index in [2.05, 4.69) is 30.6 Å². The molecule has 9 heteroatoms. The third kappa shape index (κ3) is 5.00. The minimum Gasteiger partial charge on any atom is -0.444 e. The van der Waals surface area contributed by atoms with E-state index in [0.717, 1.165) is 33.5 Å². The Morgan fingerprint density at radius 1 is 1.06 bits per heavy atom. The molecule has 1 fully saturated rings. The smallest absolute Gasteiger partial charge is 0.410 e. The zero-order valence-electron chi connectivity index (χ0n) is 20.7. The molecule has 4 heterocycles. The normalized spacial score (nSPS) is 14.3. The number of rotatable bonds is 4. The summed E-state index contributed by atoms with van der Waals surface area (Å²) in [6.07, 6.45) is 6.91. The molecule has 1 saturated heterocycles. The summed E-state index contributed by atoms with van der Waals surface area (Å²) < 4.78 is 21.1. The second kappa shape index (κ2) is 9.56. The zero-order chi connectivity index (χ0) is 25.3. The molecule has 3 aromatic heterocycles. The zero-order valence-corrected chi connectivity index (χ0v) is 20.7. The van der Waals surface area contributed by atoms with Gasteiger partial charge < -0.3 is 19.1 Å². The van der Waals surface area contributed by atoms with Crippen molar-refractivity contribution < 1.29 is 13.9 Å². The van der Waals surface area contributed by atoms with Crippen LogP contribution < -0.4 is 4.90 Å². The molecule has 1 aromatic carbocycles. The van der Waals surface area contributed by atoms with E-state index in [0.29, 0.717) is 32.7 Å². The number of anilines is 1. The first-order valence-corrected chi connectivity index (χ1v) is 12.0. The lowest BCUT2D eigenvalue weighted by Crippen LogP contribution is -2.50. The van der Waals surface area contributed by atoms with Crippen molar-refractivity contribution >= 4 is 22.9 Å². The largest absolute Gasteiger partial charge is 0.444 e. The number of amides is 1. The van der Waals surface area contributed by atoms with E-state index in [9.17, 15) is 9.18 Å². The van der Waals surface area contributed by atoms with Crippen LogP contribution in [0.2, 0.25) is 0 Å². The number of hydrogen-bond acceptors (Lipinski definition) is 6. The van der Waals surface area contributed by atoms with Crippen LogP contribution in [0.1, 0.15) is 26.3 Å². The number of benzene rings is 1. The van der Waals surface area contributed by atoms with Gasteiger partial charge in [-0.1, -0.05) is 18.2 Å². The highest BCUT2D eigenvalue weighted by atomic mass is 19.1. The Hall–Kier alpha value is -4.01. The van der Waals surface area contributed by atoms with Gasteiger partial charge in [-0.15, -0.1) is 0 Å². The van der Waals surface area contributed by atoms with Gasteiger partial charge in [-0.25, -0.2) is 19.2 Å². The van der Waals surface area contributed by atoms with Crippen LogP contribution in [0.3, 0.4) is 0 Å².